The molecule has 3 aliphatic carbocycles. The summed E-state index contributed by atoms with van der Waals surface area (Å²) in [4.78, 5) is 70.2. The number of primary amides is 1. The average Bonchev–Trinajstić information content (AvgIpc) is 3.39. The highest BCUT2D eigenvalue weighted by Gasteiger charge is 2.69. The van der Waals surface area contributed by atoms with E-state index in [1.165, 1.54) is 31.3 Å². The molecule has 2 unspecified atom stereocenters. The summed E-state index contributed by atoms with van der Waals surface area (Å²) in [5, 5.41) is 22.6. The molecule has 4 N–H and O–H groups in total. The second kappa shape index (κ2) is 10.4. The van der Waals surface area contributed by atoms with E-state index in [1.54, 1.807) is 12.1 Å². The molecule has 1 aromatic heterocycles. The number of phenols is 1. The molecule has 2 heterocycles. The molecule has 2 saturated carbocycles. The summed E-state index contributed by atoms with van der Waals surface area (Å²) in [5.41, 5.74) is 3.99. The maximum Gasteiger partial charge on any atom is 0.250 e. The summed E-state index contributed by atoms with van der Waals surface area (Å²) in [7, 11) is 3.04. The van der Waals surface area contributed by atoms with Crippen molar-refractivity contribution >= 4 is 29.0 Å². The van der Waals surface area contributed by atoms with Crippen molar-refractivity contribution in [2.24, 2.45) is 29.4 Å². The summed E-state index contributed by atoms with van der Waals surface area (Å²) in [6, 6.07) is 3.40. The number of alkyl halides is 2. The first-order chi connectivity index (χ1) is 20.7. The van der Waals surface area contributed by atoms with Gasteiger partial charge in [-0.3, -0.25) is 33.8 Å². The molecule has 6 atom stereocenters. The molecule has 1 aliphatic heterocycles. The quantitative estimate of drug-likeness (QED) is 0.418. The second-order valence-electron chi connectivity index (χ2n) is 12.7. The average molecular weight is 614 g/mol. The van der Waals surface area contributed by atoms with E-state index in [-0.39, 0.29) is 44.3 Å². The number of likely N-dealkylation sites (tertiary alicyclic amines) is 1. The van der Waals surface area contributed by atoms with E-state index in [0.717, 1.165) is 0 Å². The maximum absolute atomic E-state index is 14.0. The Morgan fingerprint density at radius 3 is 2.43 bits per heavy atom. The van der Waals surface area contributed by atoms with Crippen LogP contribution in [0.2, 0.25) is 0 Å². The van der Waals surface area contributed by atoms with Crippen LogP contribution in [0.5, 0.6) is 5.75 Å². The fourth-order valence-corrected chi connectivity index (χ4v) is 7.79. The van der Waals surface area contributed by atoms with E-state index in [4.69, 9.17) is 10.2 Å². The number of likely N-dealkylation sites (N-methyl/N-ethyl adjacent to an activating group) is 1. The smallest absolute Gasteiger partial charge is 0.250 e. The highest BCUT2D eigenvalue weighted by Crippen LogP contribution is 2.52. The lowest BCUT2D eigenvalue weighted by atomic mass is 9.52. The normalized spacial score (nSPS) is 31.9. The number of amides is 1. The number of carbonyl (C=O) groups excluding carboxylic acids is 5. The van der Waals surface area contributed by atoms with Crippen molar-refractivity contribution in [1.29, 1.82) is 0 Å². The van der Waals surface area contributed by atoms with Crippen LogP contribution in [0.3, 0.4) is 0 Å². The third-order valence-electron chi connectivity index (χ3n) is 9.92. The summed E-state index contributed by atoms with van der Waals surface area (Å²) < 4.78 is 33.3. The molecule has 4 aliphatic rings. The molecule has 6 rings (SSSR count). The van der Waals surface area contributed by atoms with Crippen LogP contribution in [0.4, 0.5) is 8.78 Å². The van der Waals surface area contributed by atoms with Crippen molar-refractivity contribution in [3.8, 4) is 17.1 Å². The van der Waals surface area contributed by atoms with E-state index < -0.39 is 76.0 Å². The Labute approximate surface area is 251 Å². The third kappa shape index (κ3) is 4.43. The number of piperidine rings is 1. The molecule has 0 spiro atoms. The first kappa shape index (κ1) is 30.2. The van der Waals surface area contributed by atoms with Crippen LogP contribution in [0.1, 0.15) is 40.7 Å². The van der Waals surface area contributed by atoms with E-state index in [1.807, 2.05) is 4.90 Å². The van der Waals surface area contributed by atoms with Gasteiger partial charge in [0.2, 0.25) is 5.91 Å². The number of furan rings is 1. The molecule has 13 heteroatoms. The zero-order chi connectivity index (χ0) is 31.9. The Balaban J connectivity index is 1.39. The van der Waals surface area contributed by atoms with E-state index in [9.17, 15) is 43.0 Å². The zero-order valence-electron chi connectivity index (χ0n) is 24.2. The van der Waals surface area contributed by atoms with Gasteiger partial charge in [0.05, 0.1) is 23.8 Å². The Morgan fingerprint density at radius 2 is 1.80 bits per heavy atom. The number of rotatable bonds is 5. The molecule has 0 radical (unpaired) electrons. The fraction of sp³-hybridized carbons (Fsp3) is 0.516. The highest BCUT2D eigenvalue weighted by molar-refractivity contribution is 6.32. The first-order valence-electron chi connectivity index (χ1n) is 14.5. The number of phenolic OH excluding ortho intramolecular Hbond substituents is 1. The van der Waals surface area contributed by atoms with Gasteiger partial charge in [0, 0.05) is 49.5 Å². The molecule has 1 saturated heterocycles. The number of ketones is 4. The van der Waals surface area contributed by atoms with E-state index >= 15 is 0 Å². The van der Waals surface area contributed by atoms with E-state index in [0.29, 0.717) is 29.0 Å². The lowest BCUT2D eigenvalue weighted by Gasteiger charge is -2.52. The number of hydrogen-bond donors (Lipinski definition) is 3. The minimum absolute atomic E-state index is 0.0750. The minimum atomic E-state index is -2.80. The van der Waals surface area contributed by atoms with Gasteiger partial charge >= 0.3 is 0 Å². The number of aliphatic hydroxyl groups is 1. The molecule has 3 fully saturated rings. The van der Waals surface area contributed by atoms with Gasteiger partial charge in [-0.25, -0.2) is 8.78 Å². The Kier molecular flexibility index (Phi) is 7.13. The van der Waals surface area contributed by atoms with Crippen molar-refractivity contribution < 1.29 is 47.4 Å². The largest absolute Gasteiger partial charge is 0.507 e. The highest BCUT2D eigenvalue weighted by atomic mass is 19.3. The Morgan fingerprint density at radius 1 is 1.11 bits per heavy atom. The first-order valence-corrected chi connectivity index (χ1v) is 14.5. The number of Topliss-reactive ketones (excluding diaryl/α,β-unsaturated/α-hetero) is 4. The molecule has 11 nitrogen and oxygen atoms in total. The van der Waals surface area contributed by atoms with Gasteiger partial charge in [-0.05, 0) is 56.6 Å². The van der Waals surface area contributed by atoms with Crippen LogP contribution in [-0.4, -0.2) is 93.8 Å². The van der Waals surface area contributed by atoms with Crippen LogP contribution < -0.4 is 5.73 Å². The predicted molar refractivity (Wildman–Crippen MR) is 149 cm³/mol. The SMILES string of the molecule is CN(C)[C@@H]1C(=O)C(C(N)=O)C(=O)[C@@]2(O)C(=O)C3C(=O)c4c(O)ccc(-c5occc5CN5CCC(F)(F)CC5)c4C[C@H]3C[C@@H]12. The summed E-state index contributed by atoms with van der Waals surface area (Å²) in [6.45, 7) is 0.711. The van der Waals surface area contributed by atoms with Gasteiger partial charge in [-0.2, -0.15) is 0 Å². The summed E-state index contributed by atoms with van der Waals surface area (Å²) in [6.07, 6.45) is 0.938. The van der Waals surface area contributed by atoms with Crippen molar-refractivity contribution in [1.82, 2.24) is 9.80 Å². The molecular weight excluding hydrogens is 580 g/mol. The standard InChI is InChI=1S/C31H33F2N3O8/c1-35(2)23-18-12-15-11-17-16(26-14(5-10-44-26)13-36-8-6-30(32,33)7-9-36)3-4-19(37)21(17)24(38)20(15)27(40)31(18,43)28(41)22(25(23)39)29(34)42/h3-5,10,15,18,20,22-23,37,43H,6-9,11-13H2,1-2H3,(H2,34,42)/t15-,18-,20?,22?,23-,31-/m0/s1. The second-order valence-corrected chi connectivity index (χ2v) is 12.7. The number of nitrogens with two attached hydrogens (primary N) is 1. The Bertz CT molecular complexity index is 1590. The summed E-state index contributed by atoms with van der Waals surface area (Å²) in [5.74, 6) is -13.6. The molecule has 1 aromatic carbocycles. The number of aromatic hydroxyl groups is 1. The van der Waals surface area contributed by atoms with Crippen molar-refractivity contribution in [3.05, 3.63) is 41.2 Å². The van der Waals surface area contributed by atoms with E-state index in [2.05, 4.69) is 0 Å². The van der Waals surface area contributed by atoms with Gasteiger partial charge < -0.3 is 20.4 Å². The van der Waals surface area contributed by atoms with Crippen LogP contribution in [0.25, 0.3) is 11.3 Å². The lowest BCUT2D eigenvalue weighted by molar-refractivity contribution is -0.181. The van der Waals surface area contributed by atoms with Gasteiger partial charge in [-0.1, -0.05) is 0 Å². The van der Waals surface area contributed by atoms with Gasteiger partial charge in [0.15, 0.2) is 34.7 Å². The van der Waals surface area contributed by atoms with Crippen molar-refractivity contribution in [2.75, 3.05) is 27.2 Å². The van der Waals surface area contributed by atoms with Gasteiger partial charge in [0.25, 0.3) is 5.92 Å². The lowest BCUT2D eigenvalue weighted by Crippen LogP contribution is -2.74. The molecular formula is C31H33F2N3O8. The maximum atomic E-state index is 14.0. The molecule has 1 amide bonds. The number of hydrogen-bond acceptors (Lipinski definition) is 10. The minimum Gasteiger partial charge on any atom is -0.507 e. The number of halogens is 2. The number of benzene rings is 1. The van der Waals surface area contributed by atoms with Crippen LogP contribution in [0.15, 0.2) is 28.9 Å². The van der Waals surface area contributed by atoms with Crippen molar-refractivity contribution in [3.63, 3.8) is 0 Å². The monoisotopic (exact) mass is 613 g/mol. The van der Waals surface area contributed by atoms with Crippen molar-refractivity contribution in [2.45, 2.75) is 49.8 Å². The molecule has 2 aromatic rings. The van der Waals surface area contributed by atoms with Crippen LogP contribution in [0, 0.1) is 23.7 Å². The summed E-state index contributed by atoms with van der Waals surface area (Å²) >= 11 is 0. The van der Waals surface area contributed by atoms with Gasteiger partial charge in [-0.15, -0.1) is 0 Å². The topological polar surface area (TPSA) is 171 Å². The van der Waals surface area contributed by atoms with Gasteiger partial charge in [0.1, 0.15) is 11.5 Å². The molecule has 44 heavy (non-hydrogen) atoms. The van der Waals surface area contributed by atoms with Crippen LogP contribution in [-0.2, 0) is 32.1 Å². The van der Waals surface area contributed by atoms with Crippen LogP contribution >= 0.6 is 0 Å². The Hall–Kier alpha value is -3.81. The third-order valence-corrected chi connectivity index (χ3v) is 9.92. The number of nitrogens with zero attached hydrogens (tertiary/aromatic N) is 2. The number of fused-ring (bicyclic) bond motifs is 3. The molecule has 234 valence electrons. The predicted octanol–water partition coefficient (Wildman–Crippen LogP) is 1.36. The number of carbonyl (C=O) groups is 5. The fourth-order valence-electron chi connectivity index (χ4n) is 7.79. The molecule has 0 bridgehead atoms. The zero-order valence-corrected chi connectivity index (χ0v) is 24.2.